The Kier molecular flexibility index (Phi) is 6.24. The normalized spacial score (nSPS) is 22.6. The number of hydrogen-bond acceptors (Lipinski definition) is 5. The molecule has 1 aliphatic rings. The largest absolute Gasteiger partial charge is 0.378 e. The van der Waals surface area contributed by atoms with Gasteiger partial charge in [-0.25, -0.2) is 10.4 Å². The quantitative estimate of drug-likeness (QED) is 0.563. The Morgan fingerprint density at radius 2 is 2.06 bits per heavy atom. The molecule has 1 saturated heterocycles. The van der Waals surface area contributed by atoms with Crippen LogP contribution in [0.5, 0.6) is 0 Å². The molecule has 0 aromatic rings. The van der Waals surface area contributed by atoms with Gasteiger partial charge in [-0.15, -0.1) is 0 Å². The second kappa shape index (κ2) is 6.98. The van der Waals surface area contributed by atoms with E-state index in [1.54, 1.807) is 0 Å². The van der Waals surface area contributed by atoms with Gasteiger partial charge in [0.15, 0.2) is 0 Å². The monoisotopic (exact) mass is 280 g/mol. The van der Waals surface area contributed by atoms with Crippen LogP contribution in [0.1, 0.15) is 27.7 Å². The van der Waals surface area contributed by atoms with E-state index in [1.165, 1.54) is 0 Å². The van der Waals surface area contributed by atoms with Crippen molar-refractivity contribution >= 4 is 8.25 Å². The van der Waals surface area contributed by atoms with Gasteiger partial charge in [0.25, 0.3) is 0 Å². The lowest BCUT2D eigenvalue weighted by Gasteiger charge is -2.52. The van der Waals surface area contributed by atoms with Crippen molar-refractivity contribution in [3.8, 4) is 0 Å². The minimum Gasteiger partial charge on any atom is -0.378 e. The first kappa shape index (κ1) is 16.1. The summed E-state index contributed by atoms with van der Waals surface area (Å²) in [6, 6.07) is 0. The third-order valence-electron chi connectivity index (χ3n) is 3.75. The van der Waals surface area contributed by atoms with E-state index in [0.29, 0.717) is 25.0 Å². The van der Waals surface area contributed by atoms with Crippen molar-refractivity contribution in [2.45, 2.75) is 33.2 Å². The highest BCUT2D eigenvalue weighted by Crippen LogP contribution is 2.34. The van der Waals surface area contributed by atoms with Gasteiger partial charge >= 0.3 is 8.25 Å². The van der Waals surface area contributed by atoms with Gasteiger partial charge in [-0.1, -0.05) is 27.7 Å². The zero-order valence-corrected chi connectivity index (χ0v) is 12.6. The SMILES string of the molecule is CC(C)C1(C(C)C)COCCN1NCO[PH](=O)O. The highest BCUT2D eigenvalue weighted by molar-refractivity contribution is 7.32. The highest BCUT2D eigenvalue weighted by Gasteiger charge is 2.45. The van der Waals surface area contributed by atoms with Crippen molar-refractivity contribution in [1.29, 1.82) is 0 Å². The first-order chi connectivity index (χ1) is 8.41. The van der Waals surface area contributed by atoms with Crippen molar-refractivity contribution < 1.29 is 18.7 Å². The Labute approximate surface area is 110 Å². The molecule has 7 heteroatoms. The number of morpholine rings is 1. The van der Waals surface area contributed by atoms with Gasteiger partial charge in [0.05, 0.1) is 18.8 Å². The fourth-order valence-corrected chi connectivity index (χ4v) is 2.89. The van der Waals surface area contributed by atoms with Gasteiger partial charge in [0, 0.05) is 6.54 Å². The van der Waals surface area contributed by atoms with Crippen LogP contribution in [0.15, 0.2) is 0 Å². The van der Waals surface area contributed by atoms with E-state index >= 15 is 0 Å². The fourth-order valence-electron chi connectivity index (χ4n) is 2.70. The lowest BCUT2D eigenvalue weighted by Crippen LogP contribution is -2.67. The Hall–Kier alpha value is 0.0300. The lowest BCUT2D eigenvalue weighted by atomic mass is 9.76. The summed E-state index contributed by atoms with van der Waals surface area (Å²) < 4.78 is 20.9. The van der Waals surface area contributed by atoms with Gasteiger partial charge in [-0.3, -0.25) is 9.09 Å². The van der Waals surface area contributed by atoms with Gasteiger partial charge in [-0.05, 0) is 11.8 Å². The highest BCUT2D eigenvalue weighted by atomic mass is 31.1. The van der Waals surface area contributed by atoms with Crippen LogP contribution in [0, 0.1) is 11.8 Å². The van der Waals surface area contributed by atoms with Crippen LogP contribution in [0.3, 0.4) is 0 Å². The molecule has 0 radical (unpaired) electrons. The van der Waals surface area contributed by atoms with Crippen LogP contribution in [0.25, 0.3) is 0 Å². The van der Waals surface area contributed by atoms with Crippen molar-refractivity contribution in [2.75, 3.05) is 26.5 Å². The zero-order chi connectivity index (χ0) is 13.8. The first-order valence-electron chi connectivity index (χ1n) is 6.36. The van der Waals surface area contributed by atoms with E-state index in [4.69, 9.17) is 14.2 Å². The molecular formula is C11H25N2O4P. The summed E-state index contributed by atoms with van der Waals surface area (Å²) in [7, 11) is -2.88. The van der Waals surface area contributed by atoms with Crippen LogP contribution in [-0.2, 0) is 13.8 Å². The van der Waals surface area contributed by atoms with Crippen LogP contribution in [0.4, 0.5) is 0 Å². The van der Waals surface area contributed by atoms with E-state index in [9.17, 15) is 4.57 Å². The summed E-state index contributed by atoms with van der Waals surface area (Å²) in [5.74, 6) is 0.799. The van der Waals surface area contributed by atoms with Gasteiger partial charge < -0.3 is 9.63 Å². The minimum absolute atomic E-state index is 0.0511. The van der Waals surface area contributed by atoms with Gasteiger partial charge in [-0.2, -0.15) is 0 Å². The van der Waals surface area contributed by atoms with E-state index < -0.39 is 8.25 Å². The number of nitrogens with one attached hydrogen (secondary N) is 1. The summed E-state index contributed by atoms with van der Waals surface area (Å²) in [6.45, 7) is 10.8. The van der Waals surface area contributed by atoms with E-state index in [-0.39, 0.29) is 12.3 Å². The number of nitrogens with zero attached hydrogens (tertiary/aromatic N) is 1. The third kappa shape index (κ3) is 3.53. The first-order valence-corrected chi connectivity index (χ1v) is 7.62. The molecular weight excluding hydrogens is 255 g/mol. The molecule has 6 nitrogen and oxygen atoms in total. The van der Waals surface area contributed by atoms with Crippen LogP contribution in [0.2, 0.25) is 0 Å². The summed E-state index contributed by atoms with van der Waals surface area (Å²) in [5, 5.41) is 2.11. The fraction of sp³-hybridized carbons (Fsp3) is 1.00. The standard InChI is InChI=1S/C11H25N2O4P/c1-9(2)11(10(3)4)7-16-6-5-13(11)12-8-17-18(14)15/h9-10,12,18H,5-8H2,1-4H3,(H,14,15). The van der Waals surface area contributed by atoms with Crippen molar-refractivity contribution in [2.24, 2.45) is 11.8 Å². The van der Waals surface area contributed by atoms with Crippen LogP contribution in [-0.4, -0.2) is 41.9 Å². The van der Waals surface area contributed by atoms with Crippen LogP contribution >= 0.6 is 8.25 Å². The third-order valence-corrected chi connectivity index (χ3v) is 4.14. The second-order valence-electron chi connectivity index (χ2n) is 5.22. The summed E-state index contributed by atoms with van der Waals surface area (Å²) in [5.41, 5.74) is 2.98. The molecule has 0 bridgehead atoms. The molecule has 1 aliphatic heterocycles. The molecule has 1 rings (SSSR count). The van der Waals surface area contributed by atoms with E-state index in [2.05, 4.69) is 38.1 Å². The Morgan fingerprint density at radius 1 is 1.44 bits per heavy atom. The molecule has 1 fully saturated rings. The topological polar surface area (TPSA) is 71.0 Å². The molecule has 1 heterocycles. The number of hydrazine groups is 1. The predicted octanol–water partition coefficient (Wildman–Crippen LogP) is 1.23. The Bertz CT molecular complexity index is 278. The smallest absolute Gasteiger partial charge is 0.317 e. The number of hydrogen-bond donors (Lipinski definition) is 2. The van der Waals surface area contributed by atoms with Gasteiger partial charge in [0.1, 0.15) is 6.73 Å². The molecule has 0 saturated carbocycles. The summed E-state index contributed by atoms with van der Waals surface area (Å²) in [6.07, 6.45) is 0. The zero-order valence-electron chi connectivity index (χ0n) is 11.6. The molecule has 0 aromatic heterocycles. The van der Waals surface area contributed by atoms with Crippen molar-refractivity contribution in [3.05, 3.63) is 0 Å². The molecule has 18 heavy (non-hydrogen) atoms. The average Bonchev–Trinajstić information content (AvgIpc) is 2.28. The van der Waals surface area contributed by atoms with E-state index in [0.717, 1.165) is 6.54 Å². The molecule has 108 valence electrons. The van der Waals surface area contributed by atoms with Gasteiger partial charge in [0.2, 0.25) is 0 Å². The Balaban J connectivity index is 2.73. The predicted molar refractivity (Wildman–Crippen MR) is 70.2 cm³/mol. The maximum Gasteiger partial charge on any atom is 0.317 e. The number of rotatable bonds is 6. The average molecular weight is 280 g/mol. The summed E-state index contributed by atoms with van der Waals surface area (Å²) >= 11 is 0. The second-order valence-corrected chi connectivity index (χ2v) is 6.04. The van der Waals surface area contributed by atoms with Crippen molar-refractivity contribution in [1.82, 2.24) is 10.4 Å². The molecule has 2 N–H and O–H groups in total. The molecule has 0 amide bonds. The molecule has 0 aliphatic carbocycles. The van der Waals surface area contributed by atoms with Crippen LogP contribution < -0.4 is 5.43 Å². The molecule has 0 aromatic carbocycles. The number of ether oxygens (including phenoxy) is 1. The maximum absolute atomic E-state index is 10.5. The van der Waals surface area contributed by atoms with Crippen molar-refractivity contribution in [3.63, 3.8) is 0 Å². The Morgan fingerprint density at radius 3 is 2.56 bits per heavy atom. The lowest BCUT2D eigenvalue weighted by molar-refractivity contribution is -0.145. The molecule has 0 spiro atoms. The summed E-state index contributed by atoms with van der Waals surface area (Å²) in [4.78, 5) is 8.67. The minimum atomic E-state index is -2.88. The molecule has 1 atom stereocenters. The molecule has 1 unspecified atom stereocenters. The van der Waals surface area contributed by atoms with E-state index in [1.807, 2.05) is 0 Å². The maximum atomic E-state index is 10.5.